The van der Waals surface area contributed by atoms with E-state index in [0.717, 1.165) is 19.5 Å². The Morgan fingerprint density at radius 3 is 2.59 bits per heavy atom. The van der Waals surface area contributed by atoms with Gasteiger partial charge in [0, 0.05) is 12.6 Å². The minimum atomic E-state index is -0.721. The van der Waals surface area contributed by atoms with Crippen molar-refractivity contribution in [1.29, 1.82) is 0 Å². The number of nitrogens with zero attached hydrogens (tertiary/aromatic N) is 1. The summed E-state index contributed by atoms with van der Waals surface area (Å²) >= 11 is 0. The predicted molar refractivity (Wildman–Crippen MR) is 73.0 cm³/mol. The number of rotatable bonds is 4. The van der Waals surface area contributed by atoms with Gasteiger partial charge in [-0.25, -0.2) is 0 Å². The van der Waals surface area contributed by atoms with Crippen LogP contribution in [0.1, 0.15) is 53.4 Å². The molecule has 0 radical (unpaired) electrons. The molecule has 0 aliphatic carbocycles. The van der Waals surface area contributed by atoms with Crippen LogP contribution in [-0.2, 0) is 0 Å². The van der Waals surface area contributed by atoms with E-state index in [1.807, 2.05) is 6.92 Å². The molecule has 1 aliphatic rings. The quantitative estimate of drug-likeness (QED) is 0.792. The molecule has 0 aromatic heterocycles. The minimum absolute atomic E-state index is 0.344. The molecule has 3 heteroatoms. The summed E-state index contributed by atoms with van der Waals surface area (Å²) < 4.78 is 0. The van der Waals surface area contributed by atoms with E-state index in [4.69, 9.17) is 5.73 Å². The molecular weight excluding hydrogens is 212 g/mol. The molecule has 0 spiro atoms. The monoisotopic (exact) mass is 242 g/mol. The Kier molecular flexibility index (Phi) is 4.99. The molecule has 3 N–H and O–H groups in total. The van der Waals surface area contributed by atoms with Crippen molar-refractivity contribution in [3.63, 3.8) is 0 Å². The molecule has 1 heterocycles. The standard InChI is InChI=1S/C14H30N2O/c1-12(10-14(4,17)11-15)16-8-5-6-13(2,3)7-9-16/h12,17H,5-11,15H2,1-4H3. The summed E-state index contributed by atoms with van der Waals surface area (Å²) in [6, 6.07) is 0.419. The molecule has 2 unspecified atom stereocenters. The number of aliphatic hydroxyl groups is 1. The van der Waals surface area contributed by atoms with Gasteiger partial charge >= 0.3 is 0 Å². The Labute approximate surface area is 106 Å². The van der Waals surface area contributed by atoms with Gasteiger partial charge in [0.2, 0.25) is 0 Å². The Balaban J connectivity index is 2.50. The lowest BCUT2D eigenvalue weighted by molar-refractivity contribution is 0.0288. The van der Waals surface area contributed by atoms with Crippen LogP contribution in [0.25, 0.3) is 0 Å². The summed E-state index contributed by atoms with van der Waals surface area (Å²) in [6.45, 7) is 11.4. The third kappa shape index (κ3) is 4.94. The van der Waals surface area contributed by atoms with Crippen LogP contribution >= 0.6 is 0 Å². The van der Waals surface area contributed by atoms with E-state index in [0.29, 0.717) is 18.0 Å². The highest BCUT2D eigenvalue weighted by molar-refractivity contribution is 4.84. The second kappa shape index (κ2) is 5.68. The normalized spacial score (nSPS) is 27.2. The molecule has 2 atom stereocenters. The van der Waals surface area contributed by atoms with Crippen molar-refractivity contribution in [2.75, 3.05) is 19.6 Å². The van der Waals surface area contributed by atoms with Gasteiger partial charge in [-0.1, -0.05) is 13.8 Å². The maximum atomic E-state index is 10.0. The molecule has 0 aromatic rings. The van der Waals surface area contributed by atoms with E-state index in [1.54, 1.807) is 0 Å². The molecule has 17 heavy (non-hydrogen) atoms. The Morgan fingerprint density at radius 1 is 1.35 bits per heavy atom. The fourth-order valence-corrected chi connectivity index (χ4v) is 2.73. The summed E-state index contributed by atoms with van der Waals surface area (Å²) in [5, 5.41) is 10.0. The zero-order chi connectivity index (χ0) is 13.1. The molecule has 102 valence electrons. The van der Waals surface area contributed by atoms with Crippen molar-refractivity contribution in [1.82, 2.24) is 4.90 Å². The Hall–Kier alpha value is -0.120. The topological polar surface area (TPSA) is 49.5 Å². The summed E-state index contributed by atoms with van der Waals surface area (Å²) in [5.41, 5.74) is 5.35. The lowest BCUT2D eigenvalue weighted by Crippen LogP contribution is -2.43. The molecule has 0 amide bonds. The first-order chi connectivity index (χ1) is 7.76. The van der Waals surface area contributed by atoms with E-state index >= 15 is 0 Å². The fourth-order valence-electron chi connectivity index (χ4n) is 2.73. The minimum Gasteiger partial charge on any atom is -0.389 e. The van der Waals surface area contributed by atoms with E-state index in [1.165, 1.54) is 19.3 Å². The molecule has 0 aromatic carbocycles. The molecule has 1 aliphatic heterocycles. The van der Waals surface area contributed by atoms with Crippen LogP contribution in [0, 0.1) is 5.41 Å². The van der Waals surface area contributed by atoms with Gasteiger partial charge in [0.15, 0.2) is 0 Å². The predicted octanol–water partition coefficient (Wildman–Crippen LogP) is 1.99. The zero-order valence-electron chi connectivity index (χ0n) is 12.0. The van der Waals surface area contributed by atoms with Crippen molar-refractivity contribution in [2.45, 2.75) is 65.0 Å². The maximum Gasteiger partial charge on any atom is 0.0756 e. The van der Waals surface area contributed by atoms with Crippen molar-refractivity contribution in [3.05, 3.63) is 0 Å². The summed E-state index contributed by atoms with van der Waals surface area (Å²) in [5.74, 6) is 0. The van der Waals surface area contributed by atoms with E-state index < -0.39 is 5.60 Å². The van der Waals surface area contributed by atoms with Crippen molar-refractivity contribution in [3.8, 4) is 0 Å². The molecule has 1 saturated heterocycles. The average Bonchev–Trinajstić information content (AvgIpc) is 2.39. The van der Waals surface area contributed by atoms with Crippen LogP contribution in [0.2, 0.25) is 0 Å². The molecule has 1 fully saturated rings. The number of hydrogen-bond donors (Lipinski definition) is 2. The van der Waals surface area contributed by atoms with E-state index in [-0.39, 0.29) is 0 Å². The molecular formula is C14H30N2O. The fraction of sp³-hybridized carbons (Fsp3) is 1.00. The van der Waals surface area contributed by atoms with Gasteiger partial charge in [-0.2, -0.15) is 0 Å². The third-order valence-electron chi connectivity index (χ3n) is 4.17. The van der Waals surface area contributed by atoms with Crippen LogP contribution in [-0.4, -0.2) is 41.3 Å². The first kappa shape index (κ1) is 14.9. The third-order valence-corrected chi connectivity index (χ3v) is 4.17. The van der Waals surface area contributed by atoms with Crippen LogP contribution < -0.4 is 5.73 Å². The van der Waals surface area contributed by atoms with Gasteiger partial charge in [-0.15, -0.1) is 0 Å². The average molecular weight is 242 g/mol. The first-order valence-corrected chi connectivity index (χ1v) is 6.92. The van der Waals surface area contributed by atoms with Gasteiger partial charge < -0.3 is 15.7 Å². The van der Waals surface area contributed by atoms with Crippen molar-refractivity contribution in [2.24, 2.45) is 11.1 Å². The van der Waals surface area contributed by atoms with Gasteiger partial charge in [0.05, 0.1) is 5.60 Å². The highest BCUT2D eigenvalue weighted by Crippen LogP contribution is 2.31. The largest absolute Gasteiger partial charge is 0.389 e. The van der Waals surface area contributed by atoms with Crippen LogP contribution in [0.15, 0.2) is 0 Å². The second-order valence-electron chi connectivity index (χ2n) is 6.81. The van der Waals surface area contributed by atoms with Crippen LogP contribution in [0.5, 0.6) is 0 Å². The van der Waals surface area contributed by atoms with Crippen molar-refractivity contribution >= 4 is 0 Å². The van der Waals surface area contributed by atoms with Gasteiger partial charge in [-0.05, 0) is 58.0 Å². The van der Waals surface area contributed by atoms with Gasteiger partial charge in [0.25, 0.3) is 0 Å². The lowest BCUT2D eigenvalue weighted by atomic mass is 9.85. The molecule has 0 saturated carbocycles. The first-order valence-electron chi connectivity index (χ1n) is 6.92. The zero-order valence-corrected chi connectivity index (χ0v) is 12.0. The van der Waals surface area contributed by atoms with Crippen molar-refractivity contribution < 1.29 is 5.11 Å². The van der Waals surface area contributed by atoms with Crippen LogP contribution in [0.4, 0.5) is 0 Å². The molecule has 3 nitrogen and oxygen atoms in total. The SMILES string of the molecule is CC(CC(C)(O)CN)N1CCCC(C)(C)CC1. The second-order valence-corrected chi connectivity index (χ2v) is 6.81. The summed E-state index contributed by atoms with van der Waals surface area (Å²) in [6.07, 6.45) is 4.59. The highest BCUT2D eigenvalue weighted by atomic mass is 16.3. The summed E-state index contributed by atoms with van der Waals surface area (Å²) in [7, 11) is 0. The summed E-state index contributed by atoms with van der Waals surface area (Å²) in [4.78, 5) is 2.51. The smallest absolute Gasteiger partial charge is 0.0756 e. The highest BCUT2D eigenvalue weighted by Gasteiger charge is 2.28. The molecule has 1 rings (SSSR count). The van der Waals surface area contributed by atoms with E-state index in [2.05, 4.69) is 25.7 Å². The van der Waals surface area contributed by atoms with E-state index in [9.17, 15) is 5.11 Å². The maximum absolute atomic E-state index is 10.0. The number of hydrogen-bond acceptors (Lipinski definition) is 3. The van der Waals surface area contributed by atoms with Gasteiger partial charge in [0.1, 0.15) is 0 Å². The number of nitrogens with two attached hydrogens (primary N) is 1. The number of likely N-dealkylation sites (tertiary alicyclic amines) is 1. The van der Waals surface area contributed by atoms with Crippen LogP contribution in [0.3, 0.4) is 0 Å². The molecule has 0 bridgehead atoms. The Morgan fingerprint density at radius 2 is 2.00 bits per heavy atom. The Bertz CT molecular complexity index is 238. The lowest BCUT2D eigenvalue weighted by Gasteiger charge is -2.33. The van der Waals surface area contributed by atoms with Gasteiger partial charge in [-0.3, -0.25) is 0 Å².